The Morgan fingerprint density at radius 1 is 1.41 bits per heavy atom. The van der Waals surface area contributed by atoms with Gasteiger partial charge in [0.1, 0.15) is 5.82 Å². The average molecular weight is 235 g/mol. The van der Waals surface area contributed by atoms with Crippen LogP contribution in [0.25, 0.3) is 0 Å². The first-order valence-corrected chi connectivity index (χ1v) is 6.59. The Hall–Kier alpha value is -0.890. The molecule has 0 saturated carbocycles. The lowest BCUT2D eigenvalue weighted by atomic mass is 9.82. The highest BCUT2D eigenvalue weighted by Crippen LogP contribution is 2.30. The SMILES string of the molecule is CC(C)CC1(Cc2cccc(F)c2)CCCN1. The van der Waals surface area contributed by atoms with Crippen LogP contribution in [0.5, 0.6) is 0 Å². The van der Waals surface area contributed by atoms with Crippen LogP contribution in [-0.2, 0) is 6.42 Å². The lowest BCUT2D eigenvalue weighted by Crippen LogP contribution is -2.43. The fourth-order valence-electron chi connectivity index (χ4n) is 3.09. The Labute approximate surface area is 103 Å². The van der Waals surface area contributed by atoms with Gasteiger partial charge in [0.15, 0.2) is 0 Å². The Morgan fingerprint density at radius 3 is 2.82 bits per heavy atom. The van der Waals surface area contributed by atoms with E-state index in [1.54, 1.807) is 6.07 Å². The highest BCUT2D eigenvalue weighted by atomic mass is 19.1. The van der Waals surface area contributed by atoms with Crippen molar-refractivity contribution in [1.29, 1.82) is 0 Å². The summed E-state index contributed by atoms with van der Waals surface area (Å²) in [6.45, 7) is 5.61. The molecular weight excluding hydrogens is 213 g/mol. The number of halogens is 1. The fraction of sp³-hybridized carbons (Fsp3) is 0.600. The van der Waals surface area contributed by atoms with Crippen molar-refractivity contribution in [3.63, 3.8) is 0 Å². The van der Waals surface area contributed by atoms with E-state index < -0.39 is 0 Å². The lowest BCUT2D eigenvalue weighted by Gasteiger charge is -2.31. The number of nitrogens with one attached hydrogen (secondary N) is 1. The number of benzene rings is 1. The molecule has 17 heavy (non-hydrogen) atoms. The smallest absolute Gasteiger partial charge is 0.123 e. The van der Waals surface area contributed by atoms with Gasteiger partial charge >= 0.3 is 0 Å². The normalized spacial score (nSPS) is 24.5. The van der Waals surface area contributed by atoms with Gasteiger partial charge in [-0.15, -0.1) is 0 Å². The molecule has 1 unspecified atom stereocenters. The van der Waals surface area contributed by atoms with Gasteiger partial charge in [0.2, 0.25) is 0 Å². The minimum absolute atomic E-state index is 0.125. The molecule has 1 aromatic rings. The molecule has 0 radical (unpaired) electrons. The maximum Gasteiger partial charge on any atom is 0.123 e. The minimum Gasteiger partial charge on any atom is -0.311 e. The number of hydrogen-bond donors (Lipinski definition) is 1. The molecule has 0 bridgehead atoms. The van der Waals surface area contributed by atoms with E-state index in [0.29, 0.717) is 5.92 Å². The summed E-state index contributed by atoms with van der Waals surface area (Å²) in [7, 11) is 0. The molecule has 2 heteroatoms. The maximum atomic E-state index is 13.2. The molecule has 1 N–H and O–H groups in total. The third kappa shape index (κ3) is 3.29. The topological polar surface area (TPSA) is 12.0 Å². The van der Waals surface area contributed by atoms with Gasteiger partial charge in [0.25, 0.3) is 0 Å². The molecule has 2 rings (SSSR count). The quantitative estimate of drug-likeness (QED) is 0.841. The molecule has 0 aromatic heterocycles. The second-order valence-electron chi connectivity index (χ2n) is 5.72. The Morgan fingerprint density at radius 2 is 2.24 bits per heavy atom. The Kier molecular flexibility index (Phi) is 3.82. The van der Waals surface area contributed by atoms with Gasteiger partial charge in [-0.05, 0) is 55.8 Å². The Bertz CT molecular complexity index is 367. The van der Waals surface area contributed by atoms with Crippen LogP contribution in [-0.4, -0.2) is 12.1 Å². The molecule has 0 amide bonds. The predicted molar refractivity (Wildman–Crippen MR) is 69.5 cm³/mol. The van der Waals surface area contributed by atoms with E-state index in [4.69, 9.17) is 0 Å². The van der Waals surface area contributed by atoms with Crippen molar-refractivity contribution in [3.8, 4) is 0 Å². The monoisotopic (exact) mass is 235 g/mol. The van der Waals surface area contributed by atoms with Crippen molar-refractivity contribution in [2.75, 3.05) is 6.54 Å². The van der Waals surface area contributed by atoms with E-state index in [-0.39, 0.29) is 11.4 Å². The van der Waals surface area contributed by atoms with Gasteiger partial charge in [-0.2, -0.15) is 0 Å². The molecule has 0 aliphatic carbocycles. The van der Waals surface area contributed by atoms with Crippen LogP contribution in [0.3, 0.4) is 0 Å². The van der Waals surface area contributed by atoms with E-state index in [1.807, 2.05) is 12.1 Å². The average Bonchev–Trinajstić information content (AvgIpc) is 2.65. The van der Waals surface area contributed by atoms with Gasteiger partial charge < -0.3 is 5.32 Å². The zero-order chi connectivity index (χ0) is 12.3. The third-order valence-electron chi connectivity index (χ3n) is 3.56. The lowest BCUT2D eigenvalue weighted by molar-refractivity contribution is 0.301. The van der Waals surface area contributed by atoms with Gasteiger partial charge in [-0.3, -0.25) is 0 Å². The van der Waals surface area contributed by atoms with Crippen LogP contribution in [0.4, 0.5) is 4.39 Å². The van der Waals surface area contributed by atoms with Crippen LogP contribution in [0, 0.1) is 11.7 Å². The maximum absolute atomic E-state index is 13.2. The van der Waals surface area contributed by atoms with Crippen molar-refractivity contribution in [2.45, 2.75) is 45.1 Å². The predicted octanol–water partition coefficient (Wildman–Crippen LogP) is 3.54. The molecule has 1 saturated heterocycles. The zero-order valence-electron chi connectivity index (χ0n) is 10.8. The first kappa shape index (κ1) is 12.6. The third-order valence-corrected chi connectivity index (χ3v) is 3.56. The van der Waals surface area contributed by atoms with Crippen LogP contribution in [0.15, 0.2) is 24.3 Å². The number of rotatable bonds is 4. The molecule has 0 spiro atoms. The van der Waals surface area contributed by atoms with E-state index in [1.165, 1.54) is 25.3 Å². The largest absolute Gasteiger partial charge is 0.311 e. The second kappa shape index (κ2) is 5.18. The summed E-state index contributed by atoms with van der Waals surface area (Å²) in [6.07, 6.45) is 4.57. The highest BCUT2D eigenvalue weighted by molar-refractivity contribution is 5.20. The summed E-state index contributed by atoms with van der Waals surface area (Å²) >= 11 is 0. The summed E-state index contributed by atoms with van der Waals surface area (Å²) < 4.78 is 13.2. The first-order valence-electron chi connectivity index (χ1n) is 6.59. The molecule has 1 aromatic carbocycles. The molecule has 1 aliphatic heterocycles. The molecule has 1 fully saturated rings. The molecule has 1 aliphatic rings. The van der Waals surface area contributed by atoms with E-state index >= 15 is 0 Å². The molecule has 1 nitrogen and oxygen atoms in total. The van der Waals surface area contributed by atoms with Crippen LogP contribution < -0.4 is 5.32 Å². The summed E-state index contributed by atoms with van der Waals surface area (Å²) in [5.74, 6) is 0.550. The highest BCUT2D eigenvalue weighted by Gasteiger charge is 2.33. The van der Waals surface area contributed by atoms with Crippen molar-refractivity contribution < 1.29 is 4.39 Å². The van der Waals surface area contributed by atoms with E-state index in [0.717, 1.165) is 18.5 Å². The van der Waals surface area contributed by atoms with Gasteiger partial charge in [-0.25, -0.2) is 4.39 Å². The number of hydrogen-bond acceptors (Lipinski definition) is 1. The van der Waals surface area contributed by atoms with Crippen molar-refractivity contribution in [1.82, 2.24) is 5.32 Å². The molecule has 1 heterocycles. The molecule has 94 valence electrons. The summed E-state index contributed by atoms with van der Waals surface area (Å²) in [5, 5.41) is 3.65. The van der Waals surface area contributed by atoms with Crippen molar-refractivity contribution in [2.24, 2.45) is 5.92 Å². The van der Waals surface area contributed by atoms with Crippen LogP contribution in [0.1, 0.15) is 38.7 Å². The summed E-state index contributed by atoms with van der Waals surface area (Å²) in [4.78, 5) is 0. The van der Waals surface area contributed by atoms with Gasteiger partial charge in [0.05, 0.1) is 0 Å². The van der Waals surface area contributed by atoms with Crippen LogP contribution >= 0.6 is 0 Å². The second-order valence-corrected chi connectivity index (χ2v) is 5.72. The Balaban J connectivity index is 2.12. The molecular formula is C15H22FN. The fourth-order valence-corrected chi connectivity index (χ4v) is 3.09. The molecule has 1 atom stereocenters. The van der Waals surface area contributed by atoms with E-state index in [2.05, 4.69) is 19.2 Å². The minimum atomic E-state index is -0.125. The summed E-state index contributed by atoms with van der Waals surface area (Å²) in [5.41, 5.74) is 1.31. The summed E-state index contributed by atoms with van der Waals surface area (Å²) in [6, 6.07) is 7.02. The van der Waals surface area contributed by atoms with Crippen LogP contribution in [0.2, 0.25) is 0 Å². The zero-order valence-corrected chi connectivity index (χ0v) is 10.8. The first-order chi connectivity index (χ1) is 8.10. The van der Waals surface area contributed by atoms with Crippen molar-refractivity contribution in [3.05, 3.63) is 35.6 Å². The van der Waals surface area contributed by atoms with E-state index in [9.17, 15) is 4.39 Å². The van der Waals surface area contributed by atoms with Gasteiger partial charge in [0, 0.05) is 5.54 Å². The van der Waals surface area contributed by atoms with Crippen molar-refractivity contribution >= 4 is 0 Å². The van der Waals surface area contributed by atoms with Gasteiger partial charge in [-0.1, -0.05) is 26.0 Å². The standard InChI is InChI=1S/C15H22FN/c1-12(2)10-15(7-4-8-17-15)11-13-5-3-6-14(16)9-13/h3,5-6,9,12,17H,4,7-8,10-11H2,1-2H3.